The molecule has 1 aliphatic heterocycles. The van der Waals surface area contributed by atoms with E-state index in [0.29, 0.717) is 37.3 Å². The maximum Gasteiger partial charge on any atom is 0.416 e. The lowest BCUT2D eigenvalue weighted by Crippen LogP contribution is -2.49. The zero-order chi connectivity index (χ0) is 25.2. The van der Waals surface area contributed by atoms with Crippen LogP contribution in [0.15, 0.2) is 59.8 Å². The van der Waals surface area contributed by atoms with Gasteiger partial charge >= 0.3 is 6.18 Å². The van der Waals surface area contributed by atoms with Crippen molar-refractivity contribution >= 4 is 27.4 Å². The Hall–Kier alpha value is -2.89. The molecule has 3 aromatic rings. The normalized spacial score (nSPS) is 15.3. The second-order valence-electron chi connectivity index (χ2n) is 7.75. The van der Waals surface area contributed by atoms with Crippen molar-refractivity contribution in [2.45, 2.75) is 18.0 Å². The van der Waals surface area contributed by atoms with Crippen LogP contribution in [0, 0.1) is 0 Å². The van der Waals surface area contributed by atoms with E-state index in [1.807, 2.05) is 42.2 Å². The van der Waals surface area contributed by atoms with Crippen molar-refractivity contribution in [3.8, 4) is 17.0 Å². The molecule has 0 saturated carbocycles. The number of anilines is 1. The number of nitrogens with zero attached hydrogens (tertiary/aromatic N) is 4. The highest BCUT2D eigenvalue weighted by Gasteiger charge is 2.35. The summed E-state index contributed by atoms with van der Waals surface area (Å²) in [5.74, 6) is 1.38. The molecule has 0 spiro atoms. The van der Waals surface area contributed by atoms with Crippen LogP contribution in [0.3, 0.4) is 0 Å². The molecule has 4 rings (SSSR count). The first-order valence-corrected chi connectivity index (χ1v) is 12.6. The van der Waals surface area contributed by atoms with Crippen LogP contribution in [-0.4, -0.2) is 55.5 Å². The minimum Gasteiger partial charge on any atom is -0.494 e. The van der Waals surface area contributed by atoms with Gasteiger partial charge < -0.3 is 9.64 Å². The molecule has 0 bridgehead atoms. The van der Waals surface area contributed by atoms with E-state index >= 15 is 0 Å². The van der Waals surface area contributed by atoms with Crippen molar-refractivity contribution in [2.24, 2.45) is 0 Å². The van der Waals surface area contributed by atoms with Gasteiger partial charge in [-0.2, -0.15) is 17.5 Å². The third kappa shape index (κ3) is 5.52. The Bertz CT molecular complexity index is 1300. The van der Waals surface area contributed by atoms with Gasteiger partial charge in [-0.3, -0.25) is 0 Å². The Kier molecular flexibility index (Phi) is 7.20. The van der Waals surface area contributed by atoms with E-state index in [2.05, 4.69) is 9.97 Å². The lowest BCUT2D eigenvalue weighted by Gasteiger charge is -2.34. The molecule has 0 atom stereocenters. The molecule has 186 valence electrons. The third-order valence-electron chi connectivity index (χ3n) is 5.55. The molecular formula is C23H22ClF3N4O3S. The number of piperazine rings is 1. The Labute approximate surface area is 206 Å². The van der Waals surface area contributed by atoms with Crippen molar-refractivity contribution in [3.63, 3.8) is 0 Å². The van der Waals surface area contributed by atoms with Gasteiger partial charge in [-0.05, 0) is 49.4 Å². The molecule has 0 N–H and O–H groups in total. The van der Waals surface area contributed by atoms with Crippen molar-refractivity contribution in [1.29, 1.82) is 0 Å². The van der Waals surface area contributed by atoms with Gasteiger partial charge in [0.05, 0.1) is 22.9 Å². The topological polar surface area (TPSA) is 75.6 Å². The number of hydrogen-bond acceptors (Lipinski definition) is 6. The van der Waals surface area contributed by atoms with Gasteiger partial charge in [-0.15, -0.1) is 0 Å². The Balaban J connectivity index is 1.49. The van der Waals surface area contributed by atoms with E-state index in [9.17, 15) is 21.6 Å². The van der Waals surface area contributed by atoms with Crippen LogP contribution in [0.1, 0.15) is 12.5 Å². The van der Waals surface area contributed by atoms with E-state index < -0.39 is 26.7 Å². The molecule has 0 amide bonds. The van der Waals surface area contributed by atoms with E-state index in [4.69, 9.17) is 16.3 Å². The first-order chi connectivity index (χ1) is 16.6. The average Bonchev–Trinajstić information content (AvgIpc) is 2.84. The standard InChI is InChI=1S/C23H22ClF3N4O3S/c1-2-34-18-6-3-16(4-7-18)20-14-22(29-15-28-20)30-9-11-31(12-10-30)35(32,33)21-13-17(23(25,26)27)5-8-19(21)24/h3-8,13-15H,2,9-12H2,1H3. The highest BCUT2D eigenvalue weighted by atomic mass is 35.5. The maximum atomic E-state index is 13.1. The highest BCUT2D eigenvalue weighted by Crippen LogP contribution is 2.35. The van der Waals surface area contributed by atoms with Crippen LogP contribution in [0.4, 0.5) is 19.0 Å². The molecule has 1 aliphatic rings. The summed E-state index contributed by atoms with van der Waals surface area (Å²) in [6, 6.07) is 11.6. The number of aromatic nitrogens is 2. The first kappa shape index (κ1) is 25.2. The van der Waals surface area contributed by atoms with Gasteiger partial charge in [-0.1, -0.05) is 11.6 Å². The van der Waals surface area contributed by atoms with E-state index in [1.165, 1.54) is 6.33 Å². The zero-order valence-corrected chi connectivity index (χ0v) is 20.2. The number of ether oxygens (including phenoxy) is 1. The lowest BCUT2D eigenvalue weighted by molar-refractivity contribution is -0.137. The molecule has 0 radical (unpaired) electrons. The molecule has 1 saturated heterocycles. The highest BCUT2D eigenvalue weighted by molar-refractivity contribution is 7.89. The smallest absolute Gasteiger partial charge is 0.416 e. The zero-order valence-electron chi connectivity index (χ0n) is 18.7. The van der Waals surface area contributed by atoms with E-state index in [1.54, 1.807) is 0 Å². The van der Waals surface area contributed by atoms with Gasteiger partial charge in [0, 0.05) is 37.8 Å². The fraction of sp³-hybridized carbons (Fsp3) is 0.304. The molecule has 1 aromatic heterocycles. The van der Waals surface area contributed by atoms with Crippen LogP contribution in [-0.2, 0) is 16.2 Å². The Morgan fingerprint density at radius 3 is 2.31 bits per heavy atom. The van der Waals surface area contributed by atoms with Gasteiger partial charge in [0.15, 0.2) is 0 Å². The molecule has 0 unspecified atom stereocenters. The van der Waals surface area contributed by atoms with Crippen LogP contribution >= 0.6 is 11.6 Å². The van der Waals surface area contributed by atoms with Crippen LogP contribution in [0.25, 0.3) is 11.3 Å². The van der Waals surface area contributed by atoms with Gasteiger partial charge in [0.1, 0.15) is 22.8 Å². The minimum atomic E-state index is -4.68. The third-order valence-corrected chi connectivity index (χ3v) is 7.93. The molecule has 2 aromatic carbocycles. The molecule has 35 heavy (non-hydrogen) atoms. The van der Waals surface area contributed by atoms with Crippen molar-refractivity contribution in [3.05, 3.63) is 65.4 Å². The molecule has 1 fully saturated rings. The van der Waals surface area contributed by atoms with Crippen LogP contribution in [0.5, 0.6) is 5.75 Å². The fourth-order valence-electron chi connectivity index (χ4n) is 3.74. The molecule has 0 aliphatic carbocycles. The number of benzene rings is 2. The summed E-state index contributed by atoms with van der Waals surface area (Å²) >= 11 is 5.97. The van der Waals surface area contributed by atoms with Crippen molar-refractivity contribution in [1.82, 2.24) is 14.3 Å². The summed E-state index contributed by atoms with van der Waals surface area (Å²) in [6.45, 7) is 3.21. The summed E-state index contributed by atoms with van der Waals surface area (Å²) in [7, 11) is -4.21. The number of alkyl halides is 3. The monoisotopic (exact) mass is 526 g/mol. The number of halogens is 4. The molecule has 2 heterocycles. The van der Waals surface area contributed by atoms with Crippen LogP contribution < -0.4 is 9.64 Å². The fourth-order valence-corrected chi connectivity index (χ4v) is 5.66. The van der Waals surface area contributed by atoms with Gasteiger partial charge in [0.25, 0.3) is 0 Å². The molecular weight excluding hydrogens is 505 g/mol. The summed E-state index contributed by atoms with van der Waals surface area (Å²) in [6.07, 6.45) is -3.24. The molecule has 7 nitrogen and oxygen atoms in total. The largest absolute Gasteiger partial charge is 0.494 e. The van der Waals surface area contributed by atoms with Crippen LogP contribution in [0.2, 0.25) is 5.02 Å². The number of hydrogen-bond donors (Lipinski definition) is 0. The van der Waals surface area contributed by atoms with E-state index in [-0.39, 0.29) is 18.1 Å². The SMILES string of the molecule is CCOc1ccc(-c2cc(N3CCN(S(=O)(=O)c4cc(C(F)(F)F)ccc4Cl)CC3)ncn2)cc1. The summed E-state index contributed by atoms with van der Waals surface area (Å²) in [5.41, 5.74) is 0.503. The van der Waals surface area contributed by atoms with Crippen molar-refractivity contribution < 1.29 is 26.3 Å². The second kappa shape index (κ2) is 10.00. The number of sulfonamides is 1. The van der Waals surface area contributed by atoms with Gasteiger partial charge in [0.2, 0.25) is 10.0 Å². The Morgan fingerprint density at radius 2 is 1.69 bits per heavy atom. The predicted octanol–water partition coefficient (Wildman–Crippen LogP) is 4.73. The minimum absolute atomic E-state index is 0.0668. The summed E-state index contributed by atoms with van der Waals surface area (Å²) in [4.78, 5) is 9.98. The maximum absolute atomic E-state index is 13.1. The lowest BCUT2D eigenvalue weighted by atomic mass is 10.1. The Morgan fingerprint density at radius 1 is 1.00 bits per heavy atom. The second-order valence-corrected chi connectivity index (χ2v) is 10.1. The summed E-state index contributed by atoms with van der Waals surface area (Å²) < 4.78 is 72.0. The van der Waals surface area contributed by atoms with Crippen molar-refractivity contribution in [2.75, 3.05) is 37.7 Å². The molecule has 12 heteroatoms. The number of rotatable bonds is 6. The predicted molar refractivity (Wildman–Crippen MR) is 126 cm³/mol. The quantitative estimate of drug-likeness (QED) is 0.462. The van der Waals surface area contributed by atoms with Gasteiger partial charge in [-0.25, -0.2) is 18.4 Å². The first-order valence-electron chi connectivity index (χ1n) is 10.8. The summed E-state index contributed by atoms with van der Waals surface area (Å²) in [5, 5.41) is -0.253. The average molecular weight is 527 g/mol. The van der Waals surface area contributed by atoms with E-state index in [0.717, 1.165) is 27.8 Å².